The molecule has 28 heavy (non-hydrogen) atoms. The van der Waals surface area contributed by atoms with Crippen molar-refractivity contribution in [2.45, 2.75) is 13.5 Å². The fourth-order valence-corrected chi connectivity index (χ4v) is 2.40. The Bertz CT molecular complexity index is 861. The molecule has 10 heteroatoms. The van der Waals surface area contributed by atoms with Crippen molar-refractivity contribution in [1.82, 2.24) is 4.90 Å². The first kappa shape index (κ1) is 20.7. The summed E-state index contributed by atoms with van der Waals surface area (Å²) in [5.41, 5.74) is 0.806. The van der Waals surface area contributed by atoms with Gasteiger partial charge in [0.05, 0.1) is 20.3 Å². The predicted octanol–water partition coefficient (Wildman–Crippen LogP) is 2.41. The van der Waals surface area contributed by atoms with Crippen LogP contribution in [0.5, 0.6) is 11.5 Å². The van der Waals surface area contributed by atoms with Crippen LogP contribution in [0, 0.1) is 10.1 Å². The third-order valence-electron chi connectivity index (χ3n) is 3.86. The van der Waals surface area contributed by atoms with Crippen LogP contribution in [-0.2, 0) is 16.1 Å². The Kier molecular flexibility index (Phi) is 6.96. The summed E-state index contributed by atoms with van der Waals surface area (Å²) >= 11 is 0. The van der Waals surface area contributed by atoms with Gasteiger partial charge in [0.1, 0.15) is 4.92 Å². The largest absolute Gasteiger partial charge is 0.493 e. The molecule has 2 aromatic rings. The number of benzene rings is 1. The average Bonchev–Trinajstić information content (AvgIpc) is 3.20. The summed E-state index contributed by atoms with van der Waals surface area (Å²) < 4.78 is 20.1. The average molecular weight is 392 g/mol. The van der Waals surface area contributed by atoms with Gasteiger partial charge in [0, 0.05) is 13.1 Å². The van der Waals surface area contributed by atoms with Crippen LogP contribution in [0.2, 0.25) is 0 Å². The van der Waals surface area contributed by atoms with Gasteiger partial charge in [-0.15, -0.1) is 0 Å². The van der Waals surface area contributed by atoms with Crippen molar-refractivity contribution in [2.24, 2.45) is 0 Å². The number of carbonyl (C=O) groups is 2. The summed E-state index contributed by atoms with van der Waals surface area (Å²) in [6, 6.07) is 7.43. The van der Waals surface area contributed by atoms with Crippen molar-refractivity contribution in [3.8, 4) is 11.5 Å². The summed E-state index contributed by atoms with van der Waals surface area (Å²) in [6.07, 6.45) is 0. The number of esters is 1. The molecule has 10 nitrogen and oxygen atoms in total. The standard InChI is InChI=1S/C18H20N2O8/c1-4-19(10-12-5-6-13(25-2)15(9-12)26-3)16(21)11-27-18(22)14-7-8-17(28-14)20(23)24/h5-9H,4,10-11H2,1-3H3. The SMILES string of the molecule is CCN(Cc1ccc(OC)c(OC)c1)C(=O)COC(=O)c1ccc([N+](=O)[O-])o1. The smallest absolute Gasteiger partial charge is 0.433 e. The van der Waals surface area contributed by atoms with Crippen LogP contribution < -0.4 is 9.47 Å². The van der Waals surface area contributed by atoms with E-state index in [1.807, 2.05) is 0 Å². The molecule has 1 aromatic heterocycles. The van der Waals surface area contributed by atoms with E-state index < -0.39 is 29.3 Å². The predicted molar refractivity (Wildman–Crippen MR) is 96.3 cm³/mol. The molecule has 0 spiro atoms. The summed E-state index contributed by atoms with van der Waals surface area (Å²) in [4.78, 5) is 35.5. The summed E-state index contributed by atoms with van der Waals surface area (Å²) in [5, 5.41) is 10.6. The number of hydrogen-bond donors (Lipinski definition) is 0. The molecule has 0 saturated carbocycles. The van der Waals surface area contributed by atoms with Gasteiger partial charge in [0.15, 0.2) is 18.1 Å². The molecular weight excluding hydrogens is 372 g/mol. The van der Waals surface area contributed by atoms with Crippen molar-refractivity contribution in [2.75, 3.05) is 27.4 Å². The van der Waals surface area contributed by atoms with Gasteiger partial charge in [-0.2, -0.15) is 0 Å². The van der Waals surface area contributed by atoms with Crippen molar-refractivity contribution in [1.29, 1.82) is 0 Å². The molecule has 0 saturated heterocycles. The first-order chi connectivity index (χ1) is 13.4. The zero-order chi connectivity index (χ0) is 20.7. The second-order valence-electron chi connectivity index (χ2n) is 5.57. The number of methoxy groups -OCH3 is 2. The zero-order valence-corrected chi connectivity index (χ0v) is 15.7. The second kappa shape index (κ2) is 9.40. The van der Waals surface area contributed by atoms with Crippen LogP contribution in [0.3, 0.4) is 0 Å². The number of nitrogens with zero attached hydrogens (tertiary/aromatic N) is 2. The highest BCUT2D eigenvalue weighted by Gasteiger charge is 2.21. The lowest BCUT2D eigenvalue weighted by Gasteiger charge is -2.21. The van der Waals surface area contributed by atoms with Gasteiger partial charge >= 0.3 is 11.9 Å². The van der Waals surface area contributed by atoms with Gasteiger partial charge in [-0.3, -0.25) is 14.9 Å². The summed E-state index contributed by atoms with van der Waals surface area (Å²) in [5.74, 6) is -1.20. The Morgan fingerprint density at radius 2 is 1.86 bits per heavy atom. The first-order valence-electron chi connectivity index (χ1n) is 8.29. The number of amides is 1. The van der Waals surface area contributed by atoms with Gasteiger partial charge in [-0.05, 0) is 30.7 Å². The maximum Gasteiger partial charge on any atom is 0.433 e. The van der Waals surface area contributed by atoms with Gasteiger partial charge in [0.2, 0.25) is 5.76 Å². The maximum atomic E-state index is 12.4. The van der Waals surface area contributed by atoms with E-state index >= 15 is 0 Å². The lowest BCUT2D eigenvalue weighted by atomic mass is 10.2. The van der Waals surface area contributed by atoms with Crippen LogP contribution in [0.15, 0.2) is 34.7 Å². The normalized spacial score (nSPS) is 10.2. The molecule has 1 aromatic carbocycles. The van der Waals surface area contributed by atoms with E-state index in [1.54, 1.807) is 25.1 Å². The van der Waals surface area contributed by atoms with Crippen molar-refractivity contribution >= 4 is 17.8 Å². The quantitative estimate of drug-likeness (QED) is 0.362. The minimum absolute atomic E-state index is 0.277. The number of furan rings is 1. The van der Waals surface area contributed by atoms with E-state index in [2.05, 4.69) is 0 Å². The molecule has 0 aliphatic heterocycles. The molecule has 2 rings (SSSR count). The molecule has 0 N–H and O–H groups in total. The van der Waals surface area contributed by atoms with E-state index in [0.29, 0.717) is 18.0 Å². The number of likely N-dealkylation sites (N-methyl/N-ethyl adjacent to an activating group) is 1. The topological polar surface area (TPSA) is 121 Å². The van der Waals surface area contributed by atoms with Gasteiger partial charge < -0.3 is 23.5 Å². The Balaban J connectivity index is 1.97. The van der Waals surface area contributed by atoms with Gasteiger partial charge in [0.25, 0.3) is 5.91 Å². The molecule has 0 radical (unpaired) electrons. The highest BCUT2D eigenvalue weighted by atomic mass is 16.7. The fraction of sp³-hybridized carbons (Fsp3) is 0.333. The van der Waals surface area contributed by atoms with Crippen molar-refractivity contribution in [3.05, 3.63) is 51.8 Å². The van der Waals surface area contributed by atoms with Crippen LogP contribution in [0.1, 0.15) is 23.0 Å². The minimum Gasteiger partial charge on any atom is -0.493 e. The molecule has 1 amide bonds. The van der Waals surface area contributed by atoms with E-state index in [0.717, 1.165) is 17.7 Å². The van der Waals surface area contributed by atoms with Crippen LogP contribution in [-0.4, -0.2) is 49.1 Å². The van der Waals surface area contributed by atoms with Crippen molar-refractivity contribution in [3.63, 3.8) is 0 Å². The maximum absolute atomic E-state index is 12.4. The van der Waals surface area contributed by atoms with Gasteiger partial charge in [-0.1, -0.05) is 6.07 Å². The third-order valence-corrected chi connectivity index (χ3v) is 3.86. The molecule has 0 fully saturated rings. The van der Waals surface area contributed by atoms with E-state index in [-0.39, 0.29) is 12.3 Å². The first-order valence-corrected chi connectivity index (χ1v) is 8.29. The molecule has 0 aliphatic rings. The van der Waals surface area contributed by atoms with Gasteiger partial charge in [-0.25, -0.2) is 4.79 Å². The number of rotatable bonds is 9. The zero-order valence-electron chi connectivity index (χ0n) is 15.7. The minimum atomic E-state index is -0.955. The molecule has 1 heterocycles. The lowest BCUT2D eigenvalue weighted by molar-refractivity contribution is -0.402. The Morgan fingerprint density at radius 1 is 1.14 bits per heavy atom. The van der Waals surface area contributed by atoms with E-state index in [9.17, 15) is 19.7 Å². The third kappa shape index (κ3) is 5.00. The molecule has 0 bridgehead atoms. The highest BCUT2D eigenvalue weighted by molar-refractivity contribution is 5.89. The number of ether oxygens (including phenoxy) is 3. The molecule has 0 unspecified atom stereocenters. The molecule has 150 valence electrons. The Labute approximate surface area is 160 Å². The van der Waals surface area contributed by atoms with E-state index in [4.69, 9.17) is 18.6 Å². The van der Waals surface area contributed by atoms with Crippen molar-refractivity contribution < 1.29 is 33.1 Å². The summed E-state index contributed by atoms with van der Waals surface area (Å²) in [7, 11) is 3.05. The second-order valence-corrected chi connectivity index (χ2v) is 5.57. The molecule has 0 aliphatic carbocycles. The number of hydrogen-bond acceptors (Lipinski definition) is 8. The molecule has 0 atom stereocenters. The monoisotopic (exact) mass is 392 g/mol. The molecular formula is C18H20N2O8. The fourth-order valence-electron chi connectivity index (χ4n) is 2.40. The van der Waals surface area contributed by atoms with Crippen LogP contribution in [0.4, 0.5) is 5.88 Å². The van der Waals surface area contributed by atoms with Crippen LogP contribution >= 0.6 is 0 Å². The Morgan fingerprint density at radius 3 is 2.43 bits per heavy atom. The highest BCUT2D eigenvalue weighted by Crippen LogP contribution is 2.28. The van der Waals surface area contributed by atoms with Crippen LogP contribution in [0.25, 0.3) is 0 Å². The Hall–Kier alpha value is -3.56. The lowest BCUT2D eigenvalue weighted by Crippen LogP contribution is -2.34. The number of nitro groups is 1. The summed E-state index contributed by atoms with van der Waals surface area (Å²) in [6.45, 7) is 1.93. The van der Waals surface area contributed by atoms with E-state index in [1.165, 1.54) is 19.1 Å². The number of carbonyl (C=O) groups excluding carboxylic acids is 2.